The number of hydroxylamine groups is 2. The lowest BCUT2D eigenvalue weighted by molar-refractivity contribution is -0.0773. The van der Waals surface area contributed by atoms with Gasteiger partial charge in [0.15, 0.2) is 17.2 Å². The molecule has 10 heteroatoms. The first kappa shape index (κ1) is 18.5. The van der Waals surface area contributed by atoms with Gasteiger partial charge in [0.25, 0.3) is 5.91 Å². The predicted octanol–water partition coefficient (Wildman–Crippen LogP) is 3.25. The second-order valence-corrected chi connectivity index (χ2v) is 4.52. The maximum atomic E-state index is 12.6. The summed E-state index contributed by atoms with van der Waals surface area (Å²) in [6, 6.07) is 0. The summed E-state index contributed by atoms with van der Waals surface area (Å²) in [4.78, 5) is 17.0. The Balaban J connectivity index is 3.72. The Hall–Kier alpha value is -1.51. The maximum Gasteiger partial charge on any atom is 0.387 e. The van der Waals surface area contributed by atoms with E-state index in [4.69, 9.17) is 37.5 Å². The van der Waals surface area contributed by atoms with Gasteiger partial charge in [-0.15, -0.1) is 0 Å². The van der Waals surface area contributed by atoms with Crippen LogP contribution >= 0.6 is 23.2 Å². The van der Waals surface area contributed by atoms with E-state index in [0.29, 0.717) is 0 Å². The van der Waals surface area contributed by atoms with Crippen LogP contribution in [-0.2, 0) is 4.84 Å². The van der Waals surface area contributed by atoms with Crippen LogP contribution in [0.4, 0.5) is 8.78 Å². The predicted molar refractivity (Wildman–Crippen MR) is 75.3 cm³/mol. The minimum atomic E-state index is -3.23. The molecule has 0 spiro atoms. The molecule has 0 aromatic heterocycles. The fourth-order valence-electron chi connectivity index (χ4n) is 1.63. The Bertz CT molecular complexity index is 571. The lowest BCUT2D eigenvalue weighted by Crippen LogP contribution is -2.27. The molecule has 0 saturated carbocycles. The molecule has 0 bridgehead atoms. The third kappa shape index (κ3) is 3.45. The van der Waals surface area contributed by atoms with E-state index in [1.807, 2.05) is 0 Å². The van der Waals surface area contributed by atoms with E-state index >= 15 is 0 Å². The monoisotopic (exact) mass is 359 g/mol. The summed E-state index contributed by atoms with van der Waals surface area (Å²) in [6.45, 7) is -3.23. The van der Waals surface area contributed by atoms with Crippen molar-refractivity contribution in [2.75, 3.05) is 28.4 Å². The van der Waals surface area contributed by atoms with Crippen molar-refractivity contribution in [3.63, 3.8) is 0 Å². The first-order chi connectivity index (χ1) is 10.3. The van der Waals surface area contributed by atoms with Gasteiger partial charge in [0, 0.05) is 7.05 Å². The molecule has 1 aromatic rings. The third-order valence-corrected chi connectivity index (χ3v) is 3.33. The maximum absolute atomic E-state index is 12.6. The molecular weight excluding hydrogens is 347 g/mol. The van der Waals surface area contributed by atoms with E-state index in [2.05, 4.69) is 4.74 Å². The van der Waals surface area contributed by atoms with Crippen LogP contribution < -0.4 is 14.2 Å². The topological polar surface area (TPSA) is 57.2 Å². The highest BCUT2D eigenvalue weighted by Crippen LogP contribution is 2.50. The zero-order valence-electron chi connectivity index (χ0n) is 12.1. The van der Waals surface area contributed by atoms with Crippen molar-refractivity contribution in [2.45, 2.75) is 6.61 Å². The molecular formula is C12H13Cl2F2NO5. The third-order valence-electron chi connectivity index (χ3n) is 2.64. The minimum Gasteiger partial charge on any atom is -0.494 e. The summed E-state index contributed by atoms with van der Waals surface area (Å²) in [5.41, 5.74) is -0.414. The number of nitrogens with zero attached hydrogens (tertiary/aromatic N) is 1. The molecule has 0 saturated heterocycles. The number of carbonyl (C=O) groups is 1. The first-order valence-corrected chi connectivity index (χ1v) is 6.45. The molecule has 6 nitrogen and oxygen atoms in total. The van der Waals surface area contributed by atoms with Gasteiger partial charge in [0.05, 0.1) is 21.3 Å². The highest BCUT2D eigenvalue weighted by Gasteiger charge is 2.32. The van der Waals surface area contributed by atoms with Gasteiger partial charge in [-0.25, -0.2) is 5.06 Å². The summed E-state index contributed by atoms with van der Waals surface area (Å²) < 4.78 is 39.6. The van der Waals surface area contributed by atoms with Crippen LogP contribution in [0, 0.1) is 0 Å². The molecule has 0 aliphatic heterocycles. The largest absolute Gasteiger partial charge is 0.494 e. The van der Waals surface area contributed by atoms with Crippen molar-refractivity contribution < 1.29 is 32.6 Å². The van der Waals surface area contributed by atoms with Crippen molar-refractivity contribution in [3.8, 4) is 17.2 Å². The smallest absolute Gasteiger partial charge is 0.387 e. The second-order valence-electron chi connectivity index (χ2n) is 3.76. The molecule has 1 aromatic carbocycles. The van der Waals surface area contributed by atoms with E-state index in [9.17, 15) is 13.6 Å². The molecule has 124 valence electrons. The number of hydrogen-bond acceptors (Lipinski definition) is 5. The Morgan fingerprint density at radius 2 is 1.55 bits per heavy atom. The van der Waals surface area contributed by atoms with Gasteiger partial charge < -0.3 is 14.2 Å². The van der Waals surface area contributed by atoms with Gasteiger partial charge in [-0.05, 0) is 0 Å². The number of carbonyl (C=O) groups excluding carboxylic acids is 1. The van der Waals surface area contributed by atoms with E-state index in [1.54, 1.807) is 0 Å². The number of hydrogen-bond donors (Lipinski definition) is 0. The molecule has 22 heavy (non-hydrogen) atoms. The standard InChI is InChI=1S/C12H13Cl2F2NO5/c1-17(21-4)11(18)5-8(19-2)6(13)10(20-3)7(14)9(5)22-12(15)16/h12H,1-4H3. The van der Waals surface area contributed by atoms with Crippen molar-refractivity contribution >= 4 is 29.1 Å². The zero-order valence-corrected chi connectivity index (χ0v) is 13.6. The molecule has 0 radical (unpaired) electrons. The number of ether oxygens (including phenoxy) is 3. The first-order valence-electron chi connectivity index (χ1n) is 5.69. The molecule has 1 rings (SSSR count). The fourth-order valence-corrected chi connectivity index (χ4v) is 2.33. The number of halogens is 4. The van der Waals surface area contributed by atoms with Gasteiger partial charge in [-0.2, -0.15) is 8.78 Å². The molecule has 0 atom stereocenters. The quantitative estimate of drug-likeness (QED) is 0.729. The summed E-state index contributed by atoms with van der Waals surface area (Å²) in [6.07, 6.45) is 0. The van der Waals surface area contributed by atoms with Gasteiger partial charge in [-0.3, -0.25) is 9.63 Å². The average Bonchev–Trinajstić information content (AvgIpc) is 2.48. The van der Waals surface area contributed by atoms with Crippen molar-refractivity contribution in [1.29, 1.82) is 0 Å². The summed E-state index contributed by atoms with van der Waals surface area (Å²) >= 11 is 12.0. The lowest BCUT2D eigenvalue weighted by atomic mass is 10.1. The van der Waals surface area contributed by atoms with E-state index < -0.39 is 23.8 Å². The second kappa shape index (κ2) is 7.66. The van der Waals surface area contributed by atoms with Crippen LogP contribution in [0.25, 0.3) is 0 Å². The summed E-state index contributed by atoms with van der Waals surface area (Å²) in [7, 11) is 4.90. The van der Waals surface area contributed by atoms with Crippen LogP contribution in [0.3, 0.4) is 0 Å². The number of rotatable bonds is 6. The van der Waals surface area contributed by atoms with Gasteiger partial charge >= 0.3 is 6.61 Å². The molecule has 0 unspecified atom stereocenters. The highest BCUT2D eigenvalue weighted by atomic mass is 35.5. The molecule has 0 heterocycles. The zero-order chi connectivity index (χ0) is 17.0. The minimum absolute atomic E-state index is 0.160. The Morgan fingerprint density at radius 1 is 1.05 bits per heavy atom. The number of amides is 1. The molecule has 0 fully saturated rings. The number of alkyl halides is 2. The molecule has 1 amide bonds. The normalized spacial score (nSPS) is 10.6. The van der Waals surface area contributed by atoms with Crippen LogP contribution in [0.2, 0.25) is 10.0 Å². The number of methoxy groups -OCH3 is 2. The SMILES string of the molecule is COc1c(Cl)c(OC)c(C(=O)N(C)OC)c(OC(F)F)c1Cl. The summed E-state index contributed by atoms with van der Waals surface area (Å²) in [5.74, 6) is -1.86. The molecule has 0 aliphatic rings. The van der Waals surface area contributed by atoms with Crippen LogP contribution in [0.15, 0.2) is 0 Å². The van der Waals surface area contributed by atoms with E-state index in [1.165, 1.54) is 28.4 Å². The van der Waals surface area contributed by atoms with Gasteiger partial charge in [0.2, 0.25) is 0 Å². The van der Waals surface area contributed by atoms with Crippen molar-refractivity contribution in [2.24, 2.45) is 0 Å². The van der Waals surface area contributed by atoms with Crippen LogP contribution in [0.1, 0.15) is 10.4 Å². The summed E-state index contributed by atoms with van der Waals surface area (Å²) in [5, 5.41) is 0.223. The molecule has 0 N–H and O–H groups in total. The Kier molecular flexibility index (Phi) is 6.46. The lowest BCUT2D eigenvalue weighted by Gasteiger charge is -2.21. The highest BCUT2D eigenvalue weighted by molar-refractivity contribution is 6.40. The van der Waals surface area contributed by atoms with Crippen LogP contribution in [-0.4, -0.2) is 46.0 Å². The fraction of sp³-hybridized carbons (Fsp3) is 0.417. The Labute approximate surface area is 135 Å². The average molecular weight is 360 g/mol. The Morgan fingerprint density at radius 3 is 1.95 bits per heavy atom. The number of benzene rings is 1. The van der Waals surface area contributed by atoms with Gasteiger partial charge in [0.1, 0.15) is 15.6 Å². The van der Waals surface area contributed by atoms with Crippen molar-refractivity contribution in [3.05, 3.63) is 15.6 Å². The van der Waals surface area contributed by atoms with Crippen molar-refractivity contribution in [1.82, 2.24) is 5.06 Å². The molecule has 0 aliphatic carbocycles. The van der Waals surface area contributed by atoms with E-state index in [-0.39, 0.29) is 21.5 Å². The van der Waals surface area contributed by atoms with Crippen LogP contribution in [0.5, 0.6) is 17.2 Å². The van der Waals surface area contributed by atoms with Gasteiger partial charge in [-0.1, -0.05) is 23.2 Å². The van der Waals surface area contributed by atoms with E-state index in [0.717, 1.165) is 5.06 Å².